The Balaban J connectivity index is 1.68. The van der Waals surface area contributed by atoms with Crippen LogP contribution in [0.25, 0.3) is 5.69 Å². The Kier molecular flexibility index (Phi) is 6.41. The zero-order chi connectivity index (χ0) is 21.8. The van der Waals surface area contributed by atoms with Crippen molar-refractivity contribution in [2.45, 2.75) is 36.7 Å². The van der Waals surface area contributed by atoms with E-state index in [0.717, 1.165) is 24.1 Å². The lowest BCUT2D eigenvalue weighted by Crippen LogP contribution is -2.48. The largest absolute Gasteiger partial charge is 0.355 e. The van der Waals surface area contributed by atoms with Gasteiger partial charge in [-0.15, -0.1) is 0 Å². The second-order valence-electron chi connectivity index (χ2n) is 7.42. The molecule has 1 saturated heterocycles. The minimum Gasteiger partial charge on any atom is -0.355 e. The molecule has 1 unspecified atom stereocenters. The Bertz CT molecular complexity index is 1130. The van der Waals surface area contributed by atoms with Gasteiger partial charge in [-0.3, -0.25) is 4.79 Å². The van der Waals surface area contributed by atoms with Crippen LogP contribution in [0.1, 0.15) is 24.8 Å². The van der Waals surface area contributed by atoms with Crippen molar-refractivity contribution in [3.8, 4) is 5.69 Å². The van der Waals surface area contributed by atoms with Crippen LogP contribution in [0.2, 0.25) is 5.02 Å². The average molecular weight is 459 g/mol. The lowest BCUT2D eigenvalue weighted by atomic mass is 10.1. The van der Waals surface area contributed by atoms with Crippen molar-refractivity contribution < 1.29 is 13.2 Å². The van der Waals surface area contributed by atoms with Crippen molar-refractivity contribution in [1.82, 2.24) is 19.4 Å². The molecule has 7 nitrogen and oxygen atoms in total. The number of hydrogen-bond donors (Lipinski definition) is 1. The summed E-state index contributed by atoms with van der Waals surface area (Å²) in [6.07, 6.45) is 5.61. The number of hydrogen-bond acceptors (Lipinski definition) is 4. The third-order valence-electron chi connectivity index (χ3n) is 5.32. The maximum Gasteiger partial charge on any atom is 0.244 e. The number of sulfonamides is 1. The molecule has 0 bridgehead atoms. The topological polar surface area (TPSA) is 84.3 Å². The lowest BCUT2D eigenvalue weighted by molar-refractivity contribution is -0.124. The molecule has 3 aromatic rings. The van der Waals surface area contributed by atoms with Crippen LogP contribution in [0.4, 0.5) is 0 Å². The molecule has 2 heterocycles. The molecule has 1 aliphatic rings. The molecule has 1 amide bonds. The zero-order valence-corrected chi connectivity index (χ0v) is 18.4. The second kappa shape index (κ2) is 9.21. The summed E-state index contributed by atoms with van der Waals surface area (Å²) in [5.74, 6) is -0.261. The third-order valence-corrected chi connectivity index (χ3v) is 7.44. The molecule has 1 aliphatic heterocycles. The Labute approximate surface area is 186 Å². The molecule has 4 rings (SSSR count). The summed E-state index contributed by atoms with van der Waals surface area (Å²) < 4.78 is 30.1. The third kappa shape index (κ3) is 4.81. The fourth-order valence-electron chi connectivity index (χ4n) is 3.66. The van der Waals surface area contributed by atoms with E-state index in [1.807, 2.05) is 36.5 Å². The smallest absolute Gasteiger partial charge is 0.244 e. The highest BCUT2D eigenvalue weighted by Gasteiger charge is 2.36. The summed E-state index contributed by atoms with van der Waals surface area (Å²) in [5.41, 5.74) is 1.65. The first-order valence-electron chi connectivity index (χ1n) is 10.1. The van der Waals surface area contributed by atoms with Crippen molar-refractivity contribution in [3.05, 3.63) is 77.6 Å². The molecule has 31 heavy (non-hydrogen) atoms. The summed E-state index contributed by atoms with van der Waals surface area (Å²) >= 11 is 5.94. The van der Waals surface area contributed by atoms with Gasteiger partial charge in [-0.05, 0) is 67.3 Å². The van der Waals surface area contributed by atoms with E-state index in [9.17, 15) is 13.2 Å². The van der Waals surface area contributed by atoms with E-state index in [1.165, 1.54) is 16.4 Å². The predicted octanol–water partition coefficient (Wildman–Crippen LogP) is 3.39. The molecule has 1 aromatic heterocycles. The van der Waals surface area contributed by atoms with Gasteiger partial charge in [0.2, 0.25) is 15.9 Å². The Hall–Kier alpha value is -2.68. The van der Waals surface area contributed by atoms with Gasteiger partial charge in [0.15, 0.2) is 0 Å². The van der Waals surface area contributed by atoms with Crippen LogP contribution in [-0.4, -0.2) is 41.0 Å². The Morgan fingerprint density at radius 3 is 2.52 bits per heavy atom. The number of nitrogens with one attached hydrogen (secondary N) is 1. The fraction of sp³-hybridized carbons (Fsp3) is 0.273. The van der Waals surface area contributed by atoms with Crippen LogP contribution < -0.4 is 5.32 Å². The molecule has 1 atom stereocenters. The highest BCUT2D eigenvalue weighted by molar-refractivity contribution is 7.89. The number of halogens is 1. The van der Waals surface area contributed by atoms with Gasteiger partial charge in [0.1, 0.15) is 6.04 Å². The number of rotatable bonds is 6. The van der Waals surface area contributed by atoms with Crippen molar-refractivity contribution in [3.63, 3.8) is 0 Å². The SMILES string of the molecule is O=C1NCCCCC1N(Cc1ccc(-n2cccn2)cc1)S(=O)(=O)c1ccc(Cl)cc1. The van der Waals surface area contributed by atoms with Gasteiger partial charge in [0, 0.05) is 30.5 Å². The first-order chi connectivity index (χ1) is 14.9. The van der Waals surface area contributed by atoms with Crippen LogP contribution >= 0.6 is 11.6 Å². The molecule has 0 aliphatic carbocycles. The minimum atomic E-state index is -3.92. The lowest BCUT2D eigenvalue weighted by Gasteiger charge is -2.29. The molecule has 2 aromatic carbocycles. The molecule has 0 spiro atoms. The fourth-order valence-corrected chi connectivity index (χ4v) is 5.39. The average Bonchev–Trinajstić information content (AvgIpc) is 3.22. The Morgan fingerprint density at radius 1 is 1.10 bits per heavy atom. The van der Waals surface area contributed by atoms with Crippen molar-refractivity contribution in [2.75, 3.05) is 6.54 Å². The van der Waals surface area contributed by atoms with Crippen LogP contribution in [0.5, 0.6) is 0 Å². The van der Waals surface area contributed by atoms with Crippen molar-refractivity contribution in [1.29, 1.82) is 0 Å². The monoisotopic (exact) mass is 458 g/mol. The predicted molar refractivity (Wildman–Crippen MR) is 118 cm³/mol. The van der Waals surface area contributed by atoms with Crippen molar-refractivity contribution in [2.24, 2.45) is 0 Å². The zero-order valence-electron chi connectivity index (χ0n) is 16.8. The van der Waals surface area contributed by atoms with E-state index in [4.69, 9.17) is 11.6 Å². The second-order valence-corrected chi connectivity index (χ2v) is 9.75. The van der Waals surface area contributed by atoms with E-state index >= 15 is 0 Å². The van der Waals surface area contributed by atoms with Crippen LogP contribution in [-0.2, 0) is 21.4 Å². The highest BCUT2D eigenvalue weighted by atomic mass is 35.5. The van der Waals surface area contributed by atoms with Gasteiger partial charge >= 0.3 is 0 Å². The van der Waals surface area contributed by atoms with Crippen molar-refractivity contribution >= 4 is 27.5 Å². The normalized spacial score (nSPS) is 17.4. The standard InChI is InChI=1S/C22H23ClN4O3S/c23-18-7-11-20(12-8-18)31(29,30)27(21-4-1-2-13-24-22(21)28)16-17-5-9-19(10-6-17)26-15-3-14-25-26/h3,5-12,14-15,21H,1-2,4,13,16H2,(H,24,28). The number of nitrogens with zero attached hydrogens (tertiary/aromatic N) is 3. The number of aromatic nitrogens is 2. The first-order valence-corrected chi connectivity index (χ1v) is 11.9. The summed E-state index contributed by atoms with van der Waals surface area (Å²) in [6, 6.07) is 14.6. The van der Waals surface area contributed by atoms with Crippen LogP contribution in [0, 0.1) is 0 Å². The van der Waals surface area contributed by atoms with E-state index < -0.39 is 16.1 Å². The molecular weight excluding hydrogens is 436 g/mol. The molecule has 162 valence electrons. The molecule has 0 radical (unpaired) electrons. The number of carbonyl (C=O) groups excluding carboxylic acids is 1. The first kappa shape index (κ1) is 21.5. The highest BCUT2D eigenvalue weighted by Crippen LogP contribution is 2.26. The van der Waals surface area contributed by atoms with Gasteiger partial charge in [-0.2, -0.15) is 9.40 Å². The number of amides is 1. The number of benzene rings is 2. The number of carbonyl (C=O) groups is 1. The van der Waals surface area contributed by atoms with E-state index in [-0.39, 0.29) is 17.3 Å². The van der Waals surface area contributed by atoms with Gasteiger partial charge < -0.3 is 5.32 Å². The Morgan fingerprint density at radius 2 is 1.84 bits per heavy atom. The van der Waals surface area contributed by atoms with Crippen LogP contribution in [0.15, 0.2) is 71.9 Å². The quantitative estimate of drug-likeness (QED) is 0.613. The minimum absolute atomic E-state index is 0.0857. The molecule has 9 heteroatoms. The van der Waals surface area contributed by atoms with Gasteiger partial charge in [0.05, 0.1) is 10.6 Å². The summed E-state index contributed by atoms with van der Waals surface area (Å²) in [7, 11) is -3.92. The summed E-state index contributed by atoms with van der Waals surface area (Å²) in [4.78, 5) is 12.9. The molecule has 1 fully saturated rings. The maximum atomic E-state index is 13.5. The van der Waals surface area contributed by atoms with Gasteiger partial charge in [0.25, 0.3) is 0 Å². The van der Waals surface area contributed by atoms with Gasteiger partial charge in [-0.25, -0.2) is 13.1 Å². The van der Waals surface area contributed by atoms with Crippen LogP contribution in [0.3, 0.4) is 0 Å². The maximum absolute atomic E-state index is 13.5. The van der Waals surface area contributed by atoms with E-state index in [2.05, 4.69) is 10.4 Å². The summed E-state index contributed by atoms with van der Waals surface area (Å²) in [6.45, 7) is 0.644. The molecule has 0 saturated carbocycles. The van der Waals surface area contributed by atoms with Gasteiger partial charge in [-0.1, -0.05) is 23.7 Å². The van der Waals surface area contributed by atoms with E-state index in [0.29, 0.717) is 18.0 Å². The molecular formula is C22H23ClN4O3S. The summed E-state index contributed by atoms with van der Waals surface area (Å²) in [5, 5.41) is 7.50. The van der Waals surface area contributed by atoms with E-state index in [1.54, 1.807) is 23.0 Å². The molecule has 1 N–H and O–H groups in total.